The van der Waals surface area contributed by atoms with Crippen molar-refractivity contribution in [2.45, 2.75) is 51.0 Å². The van der Waals surface area contributed by atoms with Crippen LogP contribution in [-0.2, 0) is 0 Å². The summed E-state index contributed by atoms with van der Waals surface area (Å²) in [6, 6.07) is 26.0. The van der Waals surface area contributed by atoms with Crippen LogP contribution >= 0.6 is 0 Å². The molecule has 156 valence electrons. The summed E-state index contributed by atoms with van der Waals surface area (Å²) in [4.78, 5) is 12.7. The predicted molar refractivity (Wildman–Crippen MR) is 125 cm³/mol. The van der Waals surface area contributed by atoms with Crippen molar-refractivity contribution in [1.82, 2.24) is 5.32 Å². The topological polar surface area (TPSA) is 52.9 Å². The van der Waals surface area contributed by atoms with E-state index in [1.54, 1.807) is 6.07 Å². The fraction of sp³-hybridized carbons (Fsp3) is 0.286. The van der Waals surface area contributed by atoms with E-state index in [4.69, 9.17) is 5.26 Å². The molecule has 3 nitrogen and oxygen atoms in total. The van der Waals surface area contributed by atoms with Gasteiger partial charge in [0.25, 0.3) is 5.91 Å². The van der Waals surface area contributed by atoms with E-state index in [1.807, 2.05) is 61.5 Å². The lowest BCUT2D eigenvalue weighted by Gasteiger charge is -2.22. The highest BCUT2D eigenvalue weighted by Gasteiger charge is 2.17. The van der Waals surface area contributed by atoms with Crippen molar-refractivity contribution in [2.75, 3.05) is 0 Å². The Hall–Kier alpha value is -3.38. The second-order valence-electron chi connectivity index (χ2n) is 8.47. The maximum absolute atomic E-state index is 12.7. The van der Waals surface area contributed by atoms with Crippen molar-refractivity contribution < 1.29 is 4.79 Å². The van der Waals surface area contributed by atoms with E-state index in [2.05, 4.69) is 23.5 Å². The number of carbonyl (C=O) groups is 1. The van der Waals surface area contributed by atoms with Gasteiger partial charge in [-0.3, -0.25) is 4.79 Å². The van der Waals surface area contributed by atoms with Crippen molar-refractivity contribution in [1.29, 1.82) is 5.26 Å². The molecule has 0 radical (unpaired) electrons. The zero-order chi connectivity index (χ0) is 21.6. The third-order valence-corrected chi connectivity index (χ3v) is 6.33. The lowest BCUT2D eigenvalue weighted by Crippen LogP contribution is -2.26. The molecule has 0 heterocycles. The zero-order valence-electron chi connectivity index (χ0n) is 18.0. The van der Waals surface area contributed by atoms with Crippen LogP contribution in [0.25, 0.3) is 11.1 Å². The lowest BCUT2D eigenvalue weighted by atomic mass is 9.84. The molecule has 1 N–H and O–H groups in total. The van der Waals surface area contributed by atoms with Crippen LogP contribution in [0, 0.1) is 11.3 Å². The minimum absolute atomic E-state index is 0.0477. The third kappa shape index (κ3) is 5.03. The van der Waals surface area contributed by atoms with Crippen LogP contribution in [0.15, 0.2) is 72.8 Å². The molecule has 3 aromatic rings. The zero-order valence-corrected chi connectivity index (χ0v) is 18.0. The summed E-state index contributed by atoms with van der Waals surface area (Å²) in [7, 11) is 0. The Bertz CT molecular complexity index is 1070. The van der Waals surface area contributed by atoms with Crippen LogP contribution in [0.3, 0.4) is 0 Å². The minimum atomic E-state index is -0.0926. The quantitative estimate of drug-likeness (QED) is 0.507. The molecule has 0 bridgehead atoms. The van der Waals surface area contributed by atoms with Gasteiger partial charge in [-0.25, -0.2) is 0 Å². The molecule has 31 heavy (non-hydrogen) atoms. The van der Waals surface area contributed by atoms with Gasteiger partial charge < -0.3 is 5.32 Å². The van der Waals surface area contributed by atoms with Crippen LogP contribution in [-0.4, -0.2) is 5.91 Å². The van der Waals surface area contributed by atoms with Gasteiger partial charge in [-0.1, -0.05) is 67.8 Å². The number of carbonyl (C=O) groups excluding carboxylic acids is 1. The largest absolute Gasteiger partial charge is 0.346 e. The van der Waals surface area contributed by atoms with Crippen LogP contribution in [0.4, 0.5) is 0 Å². The number of nitrogens with one attached hydrogen (secondary N) is 1. The first-order valence-electron chi connectivity index (χ1n) is 11.2. The number of nitrogens with zero attached hydrogens (tertiary/aromatic N) is 1. The Morgan fingerprint density at radius 2 is 1.65 bits per heavy atom. The van der Waals surface area contributed by atoms with E-state index >= 15 is 0 Å². The summed E-state index contributed by atoms with van der Waals surface area (Å²) in [5.41, 5.74) is 5.83. The second kappa shape index (κ2) is 9.62. The molecule has 1 amide bonds. The number of hydrogen-bond donors (Lipinski definition) is 1. The molecule has 4 rings (SSSR count). The first-order valence-corrected chi connectivity index (χ1v) is 11.2. The van der Waals surface area contributed by atoms with E-state index in [1.165, 1.54) is 37.7 Å². The van der Waals surface area contributed by atoms with Gasteiger partial charge in [0, 0.05) is 5.56 Å². The number of benzene rings is 3. The van der Waals surface area contributed by atoms with Crippen LogP contribution in [0.1, 0.15) is 78.0 Å². The summed E-state index contributed by atoms with van der Waals surface area (Å²) in [5.74, 6) is 0.602. The Morgan fingerprint density at radius 3 is 2.32 bits per heavy atom. The Morgan fingerprint density at radius 1 is 0.935 bits per heavy atom. The molecular weight excluding hydrogens is 380 g/mol. The second-order valence-corrected chi connectivity index (χ2v) is 8.47. The van der Waals surface area contributed by atoms with Crippen molar-refractivity contribution in [3.05, 3.63) is 95.1 Å². The van der Waals surface area contributed by atoms with E-state index < -0.39 is 0 Å². The van der Waals surface area contributed by atoms with Crippen LogP contribution < -0.4 is 5.32 Å². The van der Waals surface area contributed by atoms with Crippen molar-refractivity contribution in [3.8, 4) is 17.2 Å². The maximum atomic E-state index is 12.7. The van der Waals surface area contributed by atoms with E-state index in [0.29, 0.717) is 17.0 Å². The Kier molecular flexibility index (Phi) is 6.48. The molecule has 0 spiro atoms. The fourth-order valence-electron chi connectivity index (χ4n) is 4.44. The molecule has 3 heteroatoms. The number of nitriles is 1. The fourth-order valence-corrected chi connectivity index (χ4v) is 4.44. The molecule has 1 atom stereocenters. The summed E-state index contributed by atoms with van der Waals surface area (Å²) < 4.78 is 0. The monoisotopic (exact) mass is 408 g/mol. The summed E-state index contributed by atoms with van der Waals surface area (Å²) in [5, 5.41) is 12.2. The summed E-state index contributed by atoms with van der Waals surface area (Å²) in [6.07, 6.45) is 6.50. The van der Waals surface area contributed by atoms with Gasteiger partial charge in [0.2, 0.25) is 0 Å². The van der Waals surface area contributed by atoms with Gasteiger partial charge in [-0.2, -0.15) is 5.26 Å². The van der Waals surface area contributed by atoms with Crippen molar-refractivity contribution in [3.63, 3.8) is 0 Å². The van der Waals surface area contributed by atoms with Gasteiger partial charge in [-0.15, -0.1) is 0 Å². The molecular formula is C28H28N2O. The summed E-state index contributed by atoms with van der Waals surface area (Å²) in [6.45, 7) is 2.00. The van der Waals surface area contributed by atoms with Gasteiger partial charge in [0.1, 0.15) is 0 Å². The number of rotatable bonds is 5. The van der Waals surface area contributed by atoms with Gasteiger partial charge in [-0.05, 0) is 72.2 Å². The highest BCUT2D eigenvalue weighted by Crippen LogP contribution is 2.32. The van der Waals surface area contributed by atoms with E-state index in [9.17, 15) is 4.79 Å². The van der Waals surface area contributed by atoms with Crippen LogP contribution in [0.5, 0.6) is 0 Å². The van der Waals surface area contributed by atoms with E-state index in [0.717, 1.165) is 16.7 Å². The average Bonchev–Trinajstić information content (AvgIpc) is 2.84. The smallest absolute Gasteiger partial charge is 0.251 e. The Balaban J connectivity index is 1.40. The molecule has 1 fully saturated rings. The normalized spacial score (nSPS) is 15.1. The average molecular weight is 409 g/mol. The van der Waals surface area contributed by atoms with Gasteiger partial charge in [0.15, 0.2) is 0 Å². The van der Waals surface area contributed by atoms with Gasteiger partial charge >= 0.3 is 0 Å². The standard InChI is InChI=1S/C28H28N2O/c1-20(22-10-12-25(13-11-22)27-9-5-6-21(18-27)19-29)30-28(31)26-16-14-24(15-17-26)23-7-3-2-4-8-23/h5-6,9-18,20,23H,2-4,7-8H2,1H3,(H,30,31). The molecule has 1 saturated carbocycles. The SMILES string of the molecule is CC(NC(=O)c1ccc(C2CCCCC2)cc1)c1ccc(-c2cccc(C#N)c2)cc1. The lowest BCUT2D eigenvalue weighted by molar-refractivity contribution is 0.0940. The Labute approximate surface area is 184 Å². The number of hydrogen-bond acceptors (Lipinski definition) is 2. The summed E-state index contributed by atoms with van der Waals surface area (Å²) >= 11 is 0. The van der Waals surface area contributed by atoms with Crippen molar-refractivity contribution >= 4 is 5.91 Å². The first-order chi connectivity index (χ1) is 15.1. The molecule has 0 aliphatic heterocycles. The van der Waals surface area contributed by atoms with Crippen LogP contribution in [0.2, 0.25) is 0 Å². The minimum Gasteiger partial charge on any atom is -0.346 e. The molecule has 3 aromatic carbocycles. The van der Waals surface area contributed by atoms with E-state index in [-0.39, 0.29) is 11.9 Å². The molecule has 1 aliphatic rings. The highest BCUT2D eigenvalue weighted by molar-refractivity contribution is 5.94. The highest BCUT2D eigenvalue weighted by atomic mass is 16.1. The predicted octanol–water partition coefficient (Wildman–Crippen LogP) is 6.76. The van der Waals surface area contributed by atoms with Gasteiger partial charge in [0.05, 0.1) is 17.7 Å². The molecule has 1 unspecified atom stereocenters. The molecule has 1 aliphatic carbocycles. The molecule has 0 aromatic heterocycles. The number of amides is 1. The third-order valence-electron chi connectivity index (χ3n) is 6.33. The molecule has 0 saturated heterocycles. The maximum Gasteiger partial charge on any atom is 0.251 e. The van der Waals surface area contributed by atoms with Crippen molar-refractivity contribution in [2.24, 2.45) is 0 Å². The first kappa shape index (κ1) is 20.9.